The molecule has 1 aliphatic rings. The van der Waals surface area contributed by atoms with Crippen LogP contribution >= 0.6 is 11.5 Å². The smallest absolute Gasteiger partial charge is 0.150 e. The maximum Gasteiger partial charge on any atom is 0.150 e. The SMILES string of the molecule is C=CCc1ccccc1OCC(O)CN1CCN(c2nsc3ccccc23)CC1. The highest BCUT2D eigenvalue weighted by Crippen LogP contribution is 2.29. The van der Waals surface area contributed by atoms with E-state index in [1.165, 1.54) is 10.1 Å². The molecule has 0 amide bonds. The van der Waals surface area contributed by atoms with Crippen molar-refractivity contribution in [1.29, 1.82) is 0 Å². The van der Waals surface area contributed by atoms with Crippen LogP contribution in [0.1, 0.15) is 5.56 Å². The van der Waals surface area contributed by atoms with Gasteiger partial charge in [-0.2, -0.15) is 4.37 Å². The van der Waals surface area contributed by atoms with Crippen LogP contribution in [0.3, 0.4) is 0 Å². The largest absolute Gasteiger partial charge is 0.491 e. The molecule has 4 rings (SSSR count). The van der Waals surface area contributed by atoms with Crippen LogP contribution in [0.15, 0.2) is 61.2 Å². The summed E-state index contributed by atoms with van der Waals surface area (Å²) in [6, 6.07) is 16.3. The van der Waals surface area contributed by atoms with Crippen molar-refractivity contribution in [3.8, 4) is 5.75 Å². The van der Waals surface area contributed by atoms with Crippen LogP contribution in [0.4, 0.5) is 5.82 Å². The van der Waals surface area contributed by atoms with E-state index in [0.717, 1.165) is 49.7 Å². The maximum atomic E-state index is 10.5. The number of para-hydroxylation sites is 1. The highest BCUT2D eigenvalue weighted by Gasteiger charge is 2.22. The van der Waals surface area contributed by atoms with Gasteiger partial charge in [-0.15, -0.1) is 6.58 Å². The van der Waals surface area contributed by atoms with Crippen LogP contribution in [-0.2, 0) is 6.42 Å². The zero-order valence-corrected chi connectivity index (χ0v) is 17.4. The van der Waals surface area contributed by atoms with E-state index in [9.17, 15) is 5.11 Å². The van der Waals surface area contributed by atoms with Crippen LogP contribution in [-0.4, -0.2) is 59.8 Å². The fourth-order valence-corrected chi connectivity index (χ4v) is 4.54. The zero-order chi connectivity index (χ0) is 20.1. The maximum absolute atomic E-state index is 10.5. The van der Waals surface area contributed by atoms with E-state index in [2.05, 4.69) is 45.0 Å². The van der Waals surface area contributed by atoms with Gasteiger partial charge in [-0.05, 0) is 41.7 Å². The lowest BCUT2D eigenvalue weighted by molar-refractivity contribution is 0.0660. The molecule has 1 aliphatic heterocycles. The number of allylic oxidation sites excluding steroid dienone is 1. The number of aromatic nitrogens is 1. The molecule has 1 atom stereocenters. The minimum Gasteiger partial charge on any atom is -0.491 e. The molecule has 1 unspecified atom stereocenters. The minimum atomic E-state index is -0.515. The lowest BCUT2D eigenvalue weighted by Gasteiger charge is -2.35. The highest BCUT2D eigenvalue weighted by atomic mass is 32.1. The molecule has 1 aromatic heterocycles. The van der Waals surface area contributed by atoms with Gasteiger partial charge in [-0.1, -0.05) is 36.4 Å². The Bertz CT molecular complexity index is 950. The summed E-state index contributed by atoms with van der Waals surface area (Å²) >= 11 is 1.56. The number of nitrogens with zero attached hydrogens (tertiary/aromatic N) is 3. The first-order valence-electron chi connectivity index (χ1n) is 10.1. The lowest BCUT2D eigenvalue weighted by atomic mass is 10.1. The number of ether oxygens (including phenoxy) is 1. The van der Waals surface area contributed by atoms with Crippen molar-refractivity contribution in [2.24, 2.45) is 0 Å². The van der Waals surface area contributed by atoms with Gasteiger partial charge in [0.2, 0.25) is 0 Å². The fraction of sp³-hybridized carbons (Fsp3) is 0.348. The number of fused-ring (bicyclic) bond motifs is 1. The van der Waals surface area contributed by atoms with Crippen LogP contribution in [0.5, 0.6) is 5.75 Å². The Hall–Kier alpha value is -2.41. The molecule has 1 fully saturated rings. The molecule has 0 saturated carbocycles. The summed E-state index contributed by atoms with van der Waals surface area (Å²) in [5.41, 5.74) is 1.10. The number of anilines is 1. The van der Waals surface area contributed by atoms with Crippen molar-refractivity contribution >= 4 is 27.4 Å². The van der Waals surface area contributed by atoms with E-state index < -0.39 is 6.10 Å². The second-order valence-corrected chi connectivity index (χ2v) is 8.16. The van der Waals surface area contributed by atoms with Gasteiger partial charge in [0, 0.05) is 38.1 Å². The number of rotatable bonds is 8. The third-order valence-corrected chi connectivity index (χ3v) is 6.08. The zero-order valence-electron chi connectivity index (χ0n) is 16.5. The number of aliphatic hydroxyl groups is 1. The van der Waals surface area contributed by atoms with E-state index in [-0.39, 0.29) is 0 Å². The van der Waals surface area contributed by atoms with Crippen molar-refractivity contribution < 1.29 is 9.84 Å². The molecule has 3 aromatic rings. The number of β-amino-alcohol motifs (C(OH)–C–C–N with tert-alkyl or cyclic N) is 1. The van der Waals surface area contributed by atoms with Crippen molar-refractivity contribution in [3.63, 3.8) is 0 Å². The Balaban J connectivity index is 1.27. The number of aliphatic hydroxyl groups excluding tert-OH is 1. The third kappa shape index (κ3) is 4.78. The van der Waals surface area contributed by atoms with Crippen molar-refractivity contribution in [2.45, 2.75) is 12.5 Å². The predicted molar refractivity (Wildman–Crippen MR) is 120 cm³/mol. The van der Waals surface area contributed by atoms with E-state index in [1.807, 2.05) is 30.3 Å². The van der Waals surface area contributed by atoms with Crippen molar-refractivity contribution in [3.05, 3.63) is 66.7 Å². The number of hydrogen-bond acceptors (Lipinski definition) is 6. The molecule has 0 spiro atoms. The lowest BCUT2D eigenvalue weighted by Crippen LogP contribution is -2.49. The predicted octanol–water partition coefficient (Wildman–Crippen LogP) is 3.59. The van der Waals surface area contributed by atoms with E-state index in [1.54, 1.807) is 11.5 Å². The first kappa shape index (κ1) is 19.9. The van der Waals surface area contributed by atoms with Crippen molar-refractivity contribution in [1.82, 2.24) is 9.27 Å². The molecule has 5 nitrogen and oxygen atoms in total. The molecule has 2 heterocycles. The summed E-state index contributed by atoms with van der Waals surface area (Å²) < 4.78 is 11.8. The molecule has 152 valence electrons. The monoisotopic (exact) mass is 409 g/mol. The summed E-state index contributed by atoms with van der Waals surface area (Å²) in [6.07, 6.45) is 2.11. The molecule has 0 aliphatic carbocycles. The summed E-state index contributed by atoms with van der Waals surface area (Å²) in [4.78, 5) is 4.65. The summed E-state index contributed by atoms with van der Waals surface area (Å²) in [5.74, 6) is 1.92. The van der Waals surface area contributed by atoms with Crippen LogP contribution < -0.4 is 9.64 Å². The second kappa shape index (κ2) is 9.39. The molecule has 2 aromatic carbocycles. The van der Waals surface area contributed by atoms with Gasteiger partial charge < -0.3 is 14.7 Å². The second-order valence-electron chi connectivity index (χ2n) is 7.36. The number of benzene rings is 2. The molecule has 0 bridgehead atoms. The van der Waals surface area contributed by atoms with Crippen LogP contribution in [0.25, 0.3) is 10.1 Å². The highest BCUT2D eigenvalue weighted by molar-refractivity contribution is 7.13. The standard InChI is InChI=1S/C23H27N3O2S/c1-2-7-18-8-3-5-10-21(18)28-17-19(27)16-25-12-14-26(15-13-25)23-20-9-4-6-11-22(20)29-24-23/h2-6,8-11,19,27H,1,7,12-17H2. The third-order valence-electron chi connectivity index (χ3n) is 5.27. The van der Waals surface area contributed by atoms with E-state index >= 15 is 0 Å². The van der Waals surface area contributed by atoms with Gasteiger partial charge in [-0.25, -0.2) is 0 Å². The average Bonchev–Trinajstić information content (AvgIpc) is 3.18. The van der Waals surface area contributed by atoms with E-state index in [4.69, 9.17) is 4.74 Å². The van der Waals surface area contributed by atoms with Crippen LogP contribution in [0.2, 0.25) is 0 Å². The van der Waals surface area contributed by atoms with Gasteiger partial charge in [-0.3, -0.25) is 4.90 Å². The Kier molecular flexibility index (Phi) is 6.44. The first-order chi connectivity index (χ1) is 14.2. The normalized spacial score (nSPS) is 16.1. The van der Waals surface area contributed by atoms with E-state index in [0.29, 0.717) is 13.2 Å². The Morgan fingerprint density at radius 1 is 1.10 bits per heavy atom. The number of hydrogen-bond donors (Lipinski definition) is 1. The van der Waals surface area contributed by atoms with Gasteiger partial charge in [0.15, 0.2) is 0 Å². The molecular formula is C23H27N3O2S. The summed E-state index contributed by atoms with van der Waals surface area (Å²) in [5, 5.41) is 11.7. The van der Waals surface area contributed by atoms with Gasteiger partial charge in [0.05, 0.1) is 4.70 Å². The summed E-state index contributed by atoms with van der Waals surface area (Å²) in [6.45, 7) is 8.37. The Labute approximate surface area is 176 Å². The van der Waals surface area contributed by atoms with Gasteiger partial charge in [0.1, 0.15) is 24.3 Å². The molecule has 0 radical (unpaired) electrons. The van der Waals surface area contributed by atoms with Gasteiger partial charge >= 0.3 is 0 Å². The molecular weight excluding hydrogens is 382 g/mol. The minimum absolute atomic E-state index is 0.297. The Morgan fingerprint density at radius 2 is 1.86 bits per heavy atom. The van der Waals surface area contributed by atoms with Gasteiger partial charge in [0.25, 0.3) is 0 Å². The Morgan fingerprint density at radius 3 is 2.69 bits per heavy atom. The molecule has 29 heavy (non-hydrogen) atoms. The average molecular weight is 410 g/mol. The van der Waals surface area contributed by atoms with Crippen LogP contribution in [0, 0.1) is 0 Å². The first-order valence-corrected chi connectivity index (χ1v) is 10.8. The quantitative estimate of drug-likeness (QED) is 0.576. The number of piperazine rings is 1. The fourth-order valence-electron chi connectivity index (χ4n) is 3.75. The molecule has 1 saturated heterocycles. The summed E-state index contributed by atoms with van der Waals surface area (Å²) in [7, 11) is 0. The van der Waals surface area contributed by atoms with Crippen molar-refractivity contribution in [2.75, 3.05) is 44.2 Å². The molecule has 1 N–H and O–H groups in total. The topological polar surface area (TPSA) is 48.8 Å². The molecule has 6 heteroatoms.